The maximum absolute atomic E-state index is 12.4. The zero-order chi connectivity index (χ0) is 20.8. The lowest BCUT2D eigenvalue weighted by atomic mass is 10.1. The second kappa shape index (κ2) is 6.60. The molecule has 3 heterocycles. The van der Waals surface area contributed by atoms with Crippen molar-refractivity contribution in [1.82, 2.24) is 24.6 Å². The van der Waals surface area contributed by atoms with Gasteiger partial charge in [-0.15, -0.1) is 0 Å². The average molecular weight is 340 g/mol. The molecule has 1 aromatic carbocycles. The molecular weight excluding hydrogens is 316 g/mol. The number of amides is 1. The van der Waals surface area contributed by atoms with Gasteiger partial charge in [-0.05, 0) is 37.5 Å². The molecule has 1 amide bonds. The van der Waals surface area contributed by atoms with Gasteiger partial charge in [0.1, 0.15) is 0 Å². The molecular formula is C18H20N6O. The van der Waals surface area contributed by atoms with Crippen LogP contribution in [-0.4, -0.2) is 50.1 Å². The molecule has 0 aliphatic carbocycles. The van der Waals surface area contributed by atoms with Crippen LogP contribution in [0, 0.1) is 0 Å². The number of aryl methyl sites for hydroxylation is 1. The molecule has 0 radical (unpaired) electrons. The number of hydrogen-bond donors (Lipinski definition) is 1. The van der Waals surface area contributed by atoms with Crippen LogP contribution in [0.15, 0.2) is 36.8 Å². The number of nitrogens with zero attached hydrogens (tertiary/aromatic N) is 5. The molecule has 7 heteroatoms. The molecule has 1 aliphatic heterocycles. The summed E-state index contributed by atoms with van der Waals surface area (Å²) in [5, 5.41) is 7.52. The summed E-state index contributed by atoms with van der Waals surface area (Å²) >= 11 is 0. The fourth-order valence-electron chi connectivity index (χ4n) is 2.69. The highest BCUT2D eigenvalue weighted by molar-refractivity contribution is 5.92. The van der Waals surface area contributed by atoms with Crippen molar-refractivity contribution >= 4 is 22.8 Å². The number of anilines is 1. The van der Waals surface area contributed by atoms with Gasteiger partial charge in [-0.1, -0.05) is 12.1 Å². The van der Waals surface area contributed by atoms with E-state index in [1.54, 1.807) is 17.1 Å². The lowest BCUT2D eigenvalue weighted by Crippen LogP contribution is -2.31. The van der Waals surface area contributed by atoms with Crippen molar-refractivity contribution < 1.29 is 10.3 Å². The van der Waals surface area contributed by atoms with E-state index in [1.807, 2.05) is 31.4 Å². The largest absolute Gasteiger partial charge is 0.295 e. The minimum Gasteiger partial charge on any atom is -0.295 e. The number of likely N-dealkylation sites (tertiary alicyclic amines) is 1. The molecule has 25 heavy (non-hydrogen) atoms. The first kappa shape index (κ1) is 11.7. The van der Waals surface area contributed by atoms with E-state index >= 15 is 0 Å². The van der Waals surface area contributed by atoms with Crippen molar-refractivity contribution in [1.29, 1.82) is 0 Å². The molecule has 2 aromatic heterocycles. The van der Waals surface area contributed by atoms with E-state index in [0.717, 1.165) is 21.4 Å². The monoisotopic (exact) mass is 340 g/mol. The summed E-state index contributed by atoms with van der Waals surface area (Å²) in [7, 11) is 1.84. The molecule has 7 nitrogen and oxygen atoms in total. The predicted molar refractivity (Wildman–Crippen MR) is 96.0 cm³/mol. The lowest BCUT2D eigenvalue weighted by molar-refractivity contribution is -0.117. The SMILES string of the molecule is [2H]C1([2H])CCC([2H])([2H])N1CC(=O)Nc1ncc2ccc(-c3cnn(C)c3)cc2n1. The Bertz CT molecular complexity index is 1070. The highest BCUT2D eigenvalue weighted by Gasteiger charge is 2.15. The van der Waals surface area contributed by atoms with Crippen LogP contribution < -0.4 is 5.32 Å². The third-order valence-electron chi connectivity index (χ3n) is 3.90. The van der Waals surface area contributed by atoms with E-state index in [0.29, 0.717) is 5.52 Å². The predicted octanol–water partition coefficient (Wildman–Crippen LogP) is 2.06. The van der Waals surface area contributed by atoms with Crippen LogP contribution in [0.1, 0.15) is 18.3 Å². The summed E-state index contributed by atoms with van der Waals surface area (Å²) in [6.07, 6.45) is 5.32. The fourth-order valence-corrected chi connectivity index (χ4v) is 2.69. The highest BCUT2D eigenvalue weighted by Crippen LogP contribution is 2.23. The third kappa shape index (κ3) is 3.51. The van der Waals surface area contributed by atoms with E-state index in [4.69, 9.17) is 5.48 Å². The Labute approximate surface area is 151 Å². The van der Waals surface area contributed by atoms with Crippen molar-refractivity contribution in [2.75, 3.05) is 24.9 Å². The Morgan fingerprint density at radius 1 is 1.28 bits per heavy atom. The van der Waals surface area contributed by atoms with E-state index in [1.165, 1.54) is 0 Å². The zero-order valence-corrected chi connectivity index (χ0v) is 13.7. The minimum absolute atomic E-state index is 0.0386. The van der Waals surface area contributed by atoms with Crippen molar-refractivity contribution in [3.8, 4) is 11.1 Å². The number of rotatable bonds is 4. The van der Waals surface area contributed by atoms with Gasteiger partial charge in [-0.2, -0.15) is 5.10 Å². The second-order valence-electron chi connectivity index (χ2n) is 5.82. The average Bonchev–Trinajstić information content (AvgIpc) is 3.18. The van der Waals surface area contributed by atoms with Gasteiger partial charge in [0.25, 0.3) is 0 Å². The van der Waals surface area contributed by atoms with Gasteiger partial charge < -0.3 is 0 Å². The van der Waals surface area contributed by atoms with E-state index < -0.39 is 25.4 Å². The normalized spacial score (nSPS) is 21.3. The number of carbonyl (C=O) groups is 1. The molecule has 0 saturated carbocycles. The summed E-state index contributed by atoms with van der Waals surface area (Å²) in [5.41, 5.74) is 2.51. The van der Waals surface area contributed by atoms with Crippen LogP contribution in [0.3, 0.4) is 0 Å². The Balaban J connectivity index is 1.54. The third-order valence-corrected chi connectivity index (χ3v) is 3.90. The van der Waals surface area contributed by atoms with E-state index in [-0.39, 0.29) is 18.8 Å². The molecule has 0 bridgehead atoms. The second-order valence-corrected chi connectivity index (χ2v) is 5.82. The molecule has 4 rings (SSSR count). The van der Waals surface area contributed by atoms with Crippen molar-refractivity contribution in [2.45, 2.75) is 12.8 Å². The summed E-state index contributed by atoms with van der Waals surface area (Å²) < 4.78 is 33.4. The first-order valence-corrected chi connectivity index (χ1v) is 7.97. The smallest absolute Gasteiger partial charge is 0.240 e. The fraction of sp³-hybridized carbons (Fsp3) is 0.333. The maximum atomic E-state index is 12.4. The van der Waals surface area contributed by atoms with E-state index in [9.17, 15) is 4.79 Å². The Morgan fingerprint density at radius 3 is 2.88 bits per heavy atom. The molecule has 0 atom stereocenters. The van der Waals surface area contributed by atoms with Crippen LogP contribution in [0.2, 0.25) is 0 Å². The number of aromatic nitrogens is 4. The van der Waals surface area contributed by atoms with Crippen molar-refractivity contribution in [3.05, 3.63) is 36.8 Å². The van der Waals surface area contributed by atoms with Gasteiger partial charge in [-0.3, -0.25) is 19.7 Å². The Morgan fingerprint density at radius 2 is 2.12 bits per heavy atom. The highest BCUT2D eigenvalue weighted by atomic mass is 16.2. The standard InChI is InChI=1S/C18H20N6O/c1-23-11-15(10-20-23)13-4-5-14-9-19-18(21-16(14)8-13)22-17(25)12-24-6-2-3-7-24/h4-5,8-11H,2-3,6-7,12H2,1H3,(H,19,21,22,25)/i6D2,7D2. The number of carbonyl (C=O) groups excluding carboxylic acids is 1. The molecule has 128 valence electrons. The molecule has 1 fully saturated rings. The molecule has 1 aliphatic rings. The first-order valence-electron chi connectivity index (χ1n) is 9.97. The number of benzene rings is 1. The van der Waals surface area contributed by atoms with Crippen LogP contribution >= 0.6 is 0 Å². The first-order chi connectivity index (χ1) is 13.6. The number of fused-ring (bicyclic) bond motifs is 1. The van der Waals surface area contributed by atoms with E-state index in [2.05, 4.69) is 20.4 Å². The van der Waals surface area contributed by atoms with Crippen molar-refractivity contribution in [3.63, 3.8) is 0 Å². The number of nitrogens with one attached hydrogen (secondary N) is 1. The van der Waals surface area contributed by atoms with Gasteiger partial charge in [0.15, 0.2) is 0 Å². The van der Waals surface area contributed by atoms with Crippen molar-refractivity contribution in [2.24, 2.45) is 7.05 Å². The molecule has 1 N–H and O–H groups in total. The maximum Gasteiger partial charge on any atom is 0.240 e. The molecule has 0 spiro atoms. The Hall–Kier alpha value is -2.80. The summed E-state index contributed by atoms with van der Waals surface area (Å²) in [4.78, 5) is 21.8. The summed E-state index contributed by atoms with van der Waals surface area (Å²) in [6, 6.07) is 5.70. The van der Waals surface area contributed by atoms with Crippen LogP contribution in [0.25, 0.3) is 22.0 Å². The minimum atomic E-state index is -1.87. The lowest BCUT2D eigenvalue weighted by Gasteiger charge is -2.13. The van der Waals surface area contributed by atoms with Crippen LogP contribution in [0.5, 0.6) is 0 Å². The molecule has 3 aromatic rings. The van der Waals surface area contributed by atoms with Gasteiger partial charge in [0.2, 0.25) is 11.9 Å². The van der Waals surface area contributed by atoms with Gasteiger partial charge >= 0.3 is 0 Å². The van der Waals surface area contributed by atoms with Crippen LogP contribution in [-0.2, 0) is 11.8 Å². The Kier molecular flexibility index (Phi) is 3.09. The quantitative estimate of drug-likeness (QED) is 0.787. The summed E-state index contributed by atoms with van der Waals surface area (Å²) in [6.45, 7) is -4.16. The van der Waals surface area contributed by atoms with Gasteiger partial charge in [-0.25, -0.2) is 9.97 Å². The molecule has 0 unspecified atom stereocenters. The van der Waals surface area contributed by atoms with Gasteiger partial charge in [0.05, 0.1) is 18.3 Å². The van der Waals surface area contributed by atoms with Gasteiger partial charge in [0, 0.05) is 35.9 Å². The summed E-state index contributed by atoms with van der Waals surface area (Å²) in [5.74, 6) is -0.478. The zero-order valence-electron chi connectivity index (χ0n) is 17.7. The topological polar surface area (TPSA) is 75.9 Å². The number of hydrogen-bond acceptors (Lipinski definition) is 5. The molecule has 1 saturated heterocycles. The van der Waals surface area contributed by atoms with Crippen LogP contribution in [0.4, 0.5) is 5.95 Å².